The second-order valence-corrected chi connectivity index (χ2v) is 5.42. The van der Waals surface area contributed by atoms with E-state index in [2.05, 4.69) is 4.90 Å². The summed E-state index contributed by atoms with van der Waals surface area (Å²) in [5.41, 5.74) is 0. The fourth-order valence-electron chi connectivity index (χ4n) is 3.32. The van der Waals surface area contributed by atoms with Crippen LogP contribution in [0.3, 0.4) is 0 Å². The minimum absolute atomic E-state index is 0.102. The predicted octanol–water partition coefficient (Wildman–Crippen LogP) is 1.71. The summed E-state index contributed by atoms with van der Waals surface area (Å²) in [7, 11) is 0. The summed E-state index contributed by atoms with van der Waals surface area (Å²) in [5, 5.41) is 10.2. The second kappa shape index (κ2) is 6.53. The van der Waals surface area contributed by atoms with Crippen LogP contribution in [0.4, 0.5) is 0 Å². The molecule has 104 valence electrons. The Bertz CT molecular complexity index is 282. The first kappa shape index (κ1) is 13.8. The summed E-state index contributed by atoms with van der Waals surface area (Å²) in [5.74, 6) is -0.102. The average molecular weight is 255 g/mol. The van der Waals surface area contributed by atoms with Crippen LogP contribution in [0.25, 0.3) is 0 Å². The van der Waals surface area contributed by atoms with E-state index < -0.39 is 0 Å². The van der Waals surface area contributed by atoms with E-state index in [0.29, 0.717) is 6.61 Å². The molecule has 1 saturated heterocycles. The molecule has 1 heterocycles. The van der Waals surface area contributed by atoms with E-state index in [1.807, 2.05) is 6.92 Å². The van der Waals surface area contributed by atoms with Gasteiger partial charge >= 0.3 is 5.97 Å². The molecule has 1 N–H and O–H groups in total. The molecule has 4 heteroatoms. The summed E-state index contributed by atoms with van der Waals surface area (Å²) < 4.78 is 5.18. The summed E-state index contributed by atoms with van der Waals surface area (Å²) in [4.78, 5) is 14.2. The number of carbonyl (C=O) groups excluding carboxylic acids is 1. The first-order valence-electron chi connectivity index (χ1n) is 7.34. The van der Waals surface area contributed by atoms with E-state index in [4.69, 9.17) is 4.74 Å². The summed E-state index contributed by atoms with van der Waals surface area (Å²) >= 11 is 0. The molecule has 18 heavy (non-hydrogen) atoms. The zero-order chi connectivity index (χ0) is 13.0. The molecule has 1 saturated carbocycles. The smallest absolute Gasteiger partial charge is 0.323 e. The van der Waals surface area contributed by atoms with Crippen LogP contribution in [0.2, 0.25) is 0 Å². The highest BCUT2D eigenvalue weighted by Crippen LogP contribution is 2.29. The van der Waals surface area contributed by atoms with Gasteiger partial charge in [0, 0.05) is 6.04 Å². The maximum Gasteiger partial charge on any atom is 0.323 e. The number of carbonyl (C=O) groups is 1. The normalized spacial score (nSPS) is 34.2. The minimum Gasteiger partial charge on any atom is -0.465 e. The Morgan fingerprint density at radius 2 is 1.94 bits per heavy atom. The van der Waals surface area contributed by atoms with Gasteiger partial charge in [-0.15, -0.1) is 0 Å². The van der Waals surface area contributed by atoms with E-state index in [0.717, 1.165) is 51.5 Å². The SMILES string of the molecule is CCOC(=O)C1CCCCN1C1CCCCC1O. The molecule has 0 bridgehead atoms. The molecule has 0 aromatic carbocycles. The van der Waals surface area contributed by atoms with Crippen molar-refractivity contribution in [3.63, 3.8) is 0 Å². The van der Waals surface area contributed by atoms with Crippen molar-refractivity contribution in [2.45, 2.75) is 70.1 Å². The van der Waals surface area contributed by atoms with Crippen LogP contribution in [-0.2, 0) is 9.53 Å². The highest BCUT2D eigenvalue weighted by molar-refractivity contribution is 5.76. The number of nitrogens with zero attached hydrogens (tertiary/aromatic N) is 1. The van der Waals surface area contributed by atoms with Crippen LogP contribution in [0, 0.1) is 0 Å². The van der Waals surface area contributed by atoms with Crippen LogP contribution in [0.1, 0.15) is 51.9 Å². The third-order valence-corrected chi connectivity index (χ3v) is 4.22. The number of aliphatic hydroxyl groups is 1. The van der Waals surface area contributed by atoms with Crippen molar-refractivity contribution >= 4 is 5.97 Å². The fraction of sp³-hybridized carbons (Fsp3) is 0.929. The molecule has 2 fully saturated rings. The minimum atomic E-state index is -0.270. The maximum atomic E-state index is 12.0. The Balaban J connectivity index is 2.04. The fourth-order valence-corrected chi connectivity index (χ4v) is 3.32. The number of aliphatic hydroxyl groups excluding tert-OH is 1. The van der Waals surface area contributed by atoms with Crippen LogP contribution < -0.4 is 0 Å². The highest BCUT2D eigenvalue weighted by atomic mass is 16.5. The number of esters is 1. The topological polar surface area (TPSA) is 49.8 Å². The van der Waals surface area contributed by atoms with Gasteiger partial charge in [0.25, 0.3) is 0 Å². The van der Waals surface area contributed by atoms with Crippen molar-refractivity contribution in [3.8, 4) is 0 Å². The number of likely N-dealkylation sites (tertiary alicyclic amines) is 1. The summed E-state index contributed by atoms with van der Waals surface area (Å²) in [6.07, 6.45) is 6.97. The van der Waals surface area contributed by atoms with Gasteiger partial charge in [-0.2, -0.15) is 0 Å². The van der Waals surface area contributed by atoms with E-state index in [1.165, 1.54) is 0 Å². The first-order chi connectivity index (χ1) is 8.74. The van der Waals surface area contributed by atoms with Crippen molar-refractivity contribution in [1.82, 2.24) is 4.90 Å². The van der Waals surface area contributed by atoms with Crippen molar-refractivity contribution < 1.29 is 14.6 Å². The Labute approximate surface area is 109 Å². The average Bonchev–Trinajstić information content (AvgIpc) is 2.40. The van der Waals surface area contributed by atoms with Gasteiger partial charge in [-0.25, -0.2) is 0 Å². The Morgan fingerprint density at radius 1 is 1.22 bits per heavy atom. The van der Waals surface area contributed by atoms with E-state index in [1.54, 1.807) is 0 Å². The molecule has 0 spiro atoms. The van der Waals surface area contributed by atoms with E-state index in [-0.39, 0.29) is 24.2 Å². The molecule has 0 amide bonds. The molecule has 3 atom stereocenters. The molecule has 1 aliphatic heterocycles. The Morgan fingerprint density at radius 3 is 2.67 bits per heavy atom. The third kappa shape index (κ3) is 3.04. The monoisotopic (exact) mass is 255 g/mol. The molecule has 0 aromatic heterocycles. The number of hydrogen-bond donors (Lipinski definition) is 1. The lowest BCUT2D eigenvalue weighted by Crippen LogP contribution is -2.55. The lowest BCUT2D eigenvalue weighted by atomic mass is 9.88. The largest absolute Gasteiger partial charge is 0.465 e. The second-order valence-electron chi connectivity index (χ2n) is 5.42. The Kier molecular flexibility index (Phi) is 5.01. The van der Waals surface area contributed by atoms with Crippen molar-refractivity contribution in [1.29, 1.82) is 0 Å². The predicted molar refractivity (Wildman–Crippen MR) is 69.2 cm³/mol. The highest BCUT2D eigenvalue weighted by Gasteiger charge is 2.38. The molecule has 2 rings (SSSR count). The molecular weight excluding hydrogens is 230 g/mol. The van der Waals surface area contributed by atoms with Crippen molar-refractivity contribution in [3.05, 3.63) is 0 Å². The first-order valence-corrected chi connectivity index (χ1v) is 7.34. The lowest BCUT2D eigenvalue weighted by molar-refractivity contribution is -0.154. The molecule has 3 unspecified atom stereocenters. The van der Waals surface area contributed by atoms with E-state index >= 15 is 0 Å². The van der Waals surface area contributed by atoms with Crippen molar-refractivity contribution in [2.24, 2.45) is 0 Å². The summed E-state index contributed by atoms with van der Waals surface area (Å²) in [6.45, 7) is 3.21. The summed E-state index contributed by atoms with van der Waals surface area (Å²) in [6, 6.07) is 0.0323. The number of ether oxygens (including phenoxy) is 1. The molecule has 0 radical (unpaired) electrons. The van der Waals surface area contributed by atoms with E-state index in [9.17, 15) is 9.90 Å². The molecule has 4 nitrogen and oxygen atoms in total. The molecule has 1 aliphatic carbocycles. The molecule has 0 aromatic rings. The molecular formula is C14H25NO3. The van der Waals surface area contributed by atoms with Crippen LogP contribution in [0.15, 0.2) is 0 Å². The van der Waals surface area contributed by atoms with Gasteiger partial charge in [-0.05, 0) is 39.2 Å². The van der Waals surface area contributed by atoms with Gasteiger partial charge in [-0.1, -0.05) is 19.3 Å². The standard InChI is InChI=1S/C14H25NO3/c1-2-18-14(17)12-8-5-6-10-15(12)11-7-3-4-9-13(11)16/h11-13,16H,2-10H2,1H3. The van der Waals surface area contributed by atoms with Gasteiger partial charge in [0.2, 0.25) is 0 Å². The molecule has 2 aliphatic rings. The third-order valence-electron chi connectivity index (χ3n) is 4.22. The van der Waals surface area contributed by atoms with Gasteiger partial charge in [0.05, 0.1) is 12.7 Å². The lowest BCUT2D eigenvalue weighted by Gasteiger charge is -2.43. The van der Waals surface area contributed by atoms with Gasteiger partial charge in [0.15, 0.2) is 0 Å². The van der Waals surface area contributed by atoms with Gasteiger partial charge < -0.3 is 9.84 Å². The van der Waals surface area contributed by atoms with Crippen molar-refractivity contribution in [2.75, 3.05) is 13.2 Å². The number of piperidine rings is 1. The Hall–Kier alpha value is -0.610. The van der Waals surface area contributed by atoms with Crippen LogP contribution in [0.5, 0.6) is 0 Å². The zero-order valence-electron chi connectivity index (χ0n) is 11.3. The number of rotatable bonds is 3. The quantitative estimate of drug-likeness (QED) is 0.780. The number of hydrogen-bond acceptors (Lipinski definition) is 4. The van der Waals surface area contributed by atoms with Crippen LogP contribution >= 0.6 is 0 Å². The maximum absolute atomic E-state index is 12.0. The van der Waals surface area contributed by atoms with Gasteiger partial charge in [-0.3, -0.25) is 9.69 Å². The van der Waals surface area contributed by atoms with Gasteiger partial charge in [0.1, 0.15) is 6.04 Å². The van der Waals surface area contributed by atoms with Crippen LogP contribution in [-0.4, -0.2) is 47.3 Å². The zero-order valence-corrected chi connectivity index (χ0v) is 11.3.